The van der Waals surface area contributed by atoms with Crippen molar-refractivity contribution < 1.29 is 14.6 Å². The molecular formula is C15H19N3O3. The molecule has 1 aromatic heterocycles. The van der Waals surface area contributed by atoms with E-state index in [1.54, 1.807) is 11.8 Å². The summed E-state index contributed by atoms with van der Waals surface area (Å²) in [5, 5.41) is 17.1. The fourth-order valence-electron chi connectivity index (χ4n) is 2.23. The molecule has 2 rings (SSSR count). The monoisotopic (exact) mass is 289 g/mol. The van der Waals surface area contributed by atoms with Crippen molar-refractivity contribution in [2.45, 2.75) is 26.2 Å². The van der Waals surface area contributed by atoms with Crippen molar-refractivity contribution in [1.29, 1.82) is 0 Å². The molecular weight excluding hydrogens is 270 g/mol. The zero-order valence-electron chi connectivity index (χ0n) is 12.2. The highest BCUT2D eigenvalue weighted by atomic mass is 16.5. The molecule has 0 fully saturated rings. The quantitative estimate of drug-likeness (QED) is 0.791. The predicted octanol–water partition coefficient (Wildman–Crippen LogP) is 2.24. The van der Waals surface area contributed by atoms with E-state index in [9.17, 15) is 9.90 Å². The third kappa shape index (κ3) is 3.46. The lowest BCUT2D eigenvalue weighted by molar-refractivity contribution is 0.0689. The fourth-order valence-corrected chi connectivity index (χ4v) is 2.23. The van der Waals surface area contributed by atoms with Gasteiger partial charge >= 0.3 is 5.97 Å². The van der Waals surface area contributed by atoms with Gasteiger partial charge in [-0.3, -0.25) is 0 Å². The molecule has 0 radical (unpaired) electrons. The summed E-state index contributed by atoms with van der Waals surface area (Å²) in [6.45, 7) is 2.63. The number of aromatic nitrogens is 3. The largest absolute Gasteiger partial charge is 0.476 e. The fraction of sp³-hybridized carbons (Fsp3) is 0.400. The number of aryl methyl sites for hydroxylation is 1. The summed E-state index contributed by atoms with van der Waals surface area (Å²) in [6, 6.07) is 7.71. The van der Waals surface area contributed by atoms with Crippen LogP contribution in [0.4, 0.5) is 0 Å². The zero-order chi connectivity index (χ0) is 15.2. The molecule has 0 spiro atoms. The van der Waals surface area contributed by atoms with E-state index < -0.39 is 5.97 Å². The van der Waals surface area contributed by atoms with E-state index in [-0.39, 0.29) is 5.69 Å². The molecule has 1 heterocycles. The number of para-hydroxylation sites is 1. The van der Waals surface area contributed by atoms with Crippen LogP contribution >= 0.6 is 0 Å². The van der Waals surface area contributed by atoms with Gasteiger partial charge in [-0.1, -0.05) is 23.4 Å². The van der Waals surface area contributed by atoms with Crippen LogP contribution in [0.15, 0.2) is 24.3 Å². The number of methoxy groups -OCH3 is 1. The molecule has 1 N–H and O–H groups in total. The first-order valence-corrected chi connectivity index (χ1v) is 6.88. The Bertz CT molecular complexity index is 622. The van der Waals surface area contributed by atoms with E-state index in [2.05, 4.69) is 10.3 Å². The van der Waals surface area contributed by atoms with Gasteiger partial charge in [0.1, 0.15) is 0 Å². The average Bonchev–Trinajstić information content (AvgIpc) is 2.88. The van der Waals surface area contributed by atoms with E-state index in [1.165, 1.54) is 0 Å². The first kappa shape index (κ1) is 15.2. The van der Waals surface area contributed by atoms with Crippen LogP contribution in [0.5, 0.6) is 0 Å². The number of benzene rings is 1. The number of unbranched alkanes of at least 4 members (excludes halogenated alkanes) is 1. The van der Waals surface area contributed by atoms with Gasteiger partial charge < -0.3 is 9.84 Å². The van der Waals surface area contributed by atoms with Gasteiger partial charge in [-0.15, -0.1) is 5.10 Å². The van der Waals surface area contributed by atoms with Crippen LogP contribution in [-0.2, 0) is 11.2 Å². The van der Waals surface area contributed by atoms with Crippen LogP contribution in [0, 0.1) is 6.92 Å². The summed E-state index contributed by atoms with van der Waals surface area (Å²) in [4.78, 5) is 11.3. The van der Waals surface area contributed by atoms with E-state index in [1.807, 2.05) is 31.2 Å². The molecule has 112 valence electrons. The molecule has 1 aromatic carbocycles. The Morgan fingerprint density at radius 1 is 1.33 bits per heavy atom. The maximum absolute atomic E-state index is 11.3. The number of hydrogen-bond acceptors (Lipinski definition) is 4. The summed E-state index contributed by atoms with van der Waals surface area (Å²) in [5.74, 6) is -1.04. The van der Waals surface area contributed by atoms with Crippen molar-refractivity contribution in [3.63, 3.8) is 0 Å². The van der Waals surface area contributed by atoms with E-state index in [0.29, 0.717) is 18.7 Å². The topological polar surface area (TPSA) is 77.2 Å². The SMILES string of the molecule is COCCCCc1c(C(=O)O)nnn1-c1ccccc1C. The molecule has 21 heavy (non-hydrogen) atoms. The van der Waals surface area contributed by atoms with Crippen LogP contribution in [0.3, 0.4) is 0 Å². The Balaban J connectivity index is 2.33. The van der Waals surface area contributed by atoms with E-state index >= 15 is 0 Å². The van der Waals surface area contributed by atoms with Crippen LogP contribution in [0.2, 0.25) is 0 Å². The minimum atomic E-state index is -1.04. The van der Waals surface area contributed by atoms with Gasteiger partial charge in [0.2, 0.25) is 0 Å². The lowest BCUT2D eigenvalue weighted by Gasteiger charge is -2.09. The molecule has 6 heteroatoms. The molecule has 0 atom stereocenters. The first-order chi connectivity index (χ1) is 10.1. The summed E-state index contributed by atoms with van der Waals surface area (Å²) in [7, 11) is 1.65. The van der Waals surface area contributed by atoms with Crippen molar-refractivity contribution in [2.75, 3.05) is 13.7 Å². The normalized spacial score (nSPS) is 10.8. The smallest absolute Gasteiger partial charge is 0.358 e. The van der Waals surface area contributed by atoms with Gasteiger partial charge in [0.15, 0.2) is 5.69 Å². The minimum Gasteiger partial charge on any atom is -0.476 e. The number of carboxylic acids is 1. The molecule has 0 saturated carbocycles. The number of nitrogens with zero attached hydrogens (tertiary/aromatic N) is 3. The highest BCUT2D eigenvalue weighted by Gasteiger charge is 2.20. The number of ether oxygens (including phenoxy) is 1. The van der Waals surface area contributed by atoms with Crippen LogP contribution in [0.1, 0.15) is 34.6 Å². The predicted molar refractivity (Wildman–Crippen MR) is 77.9 cm³/mol. The Kier molecular flexibility index (Phi) is 5.05. The number of carboxylic acid groups (broad SMARTS) is 1. The van der Waals surface area contributed by atoms with Crippen LogP contribution in [-0.4, -0.2) is 39.8 Å². The lowest BCUT2D eigenvalue weighted by atomic mass is 10.1. The van der Waals surface area contributed by atoms with Crippen molar-refractivity contribution in [3.8, 4) is 5.69 Å². The number of aromatic carboxylic acids is 1. The lowest BCUT2D eigenvalue weighted by Crippen LogP contribution is -2.08. The zero-order valence-corrected chi connectivity index (χ0v) is 12.2. The van der Waals surface area contributed by atoms with Gasteiger partial charge in [0.25, 0.3) is 0 Å². The molecule has 0 unspecified atom stereocenters. The van der Waals surface area contributed by atoms with E-state index in [0.717, 1.165) is 24.1 Å². The average molecular weight is 289 g/mol. The third-order valence-corrected chi connectivity index (χ3v) is 3.32. The van der Waals surface area contributed by atoms with E-state index in [4.69, 9.17) is 4.74 Å². The highest BCUT2D eigenvalue weighted by Crippen LogP contribution is 2.18. The second kappa shape index (κ2) is 6.99. The van der Waals surface area contributed by atoms with Crippen molar-refractivity contribution in [2.24, 2.45) is 0 Å². The second-order valence-electron chi connectivity index (χ2n) is 4.84. The molecule has 0 aliphatic heterocycles. The van der Waals surface area contributed by atoms with Crippen LogP contribution < -0.4 is 0 Å². The molecule has 0 aliphatic carbocycles. The summed E-state index contributed by atoms with van der Waals surface area (Å²) >= 11 is 0. The Morgan fingerprint density at radius 3 is 2.76 bits per heavy atom. The molecule has 0 amide bonds. The highest BCUT2D eigenvalue weighted by molar-refractivity contribution is 5.86. The van der Waals surface area contributed by atoms with Crippen LogP contribution in [0.25, 0.3) is 5.69 Å². The third-order valence-electron chi connectivity index (χ3n) is 3.32. The van der Waals surface area contributed by atoms with Crippen molar-refractivity contribution in [1.82, 2.24) is 15.0 Å². The standard InChI is InChI=1S/C15H19N3O3/c1-11-7-3-4-8-12(11)18-13(9-5-6-10-21-2)14(15(19)20)16-17-18/h3-4,7-8H,5-6,9-10H2,1-2H3,(H,19,20). The van der Waals surface area contributed by atoms with Gasteiger partial charge in [-0.05, 0) is 37.8 Å². The molecule has 6 nitrogen and oxygen atoms in total. The molecule has 2 aromatic rings. The number of rotatable bonds is 7. The van der Waals surface area contributed by atoms with Gasteiger partial charge in [-0.25, -0.2) is 9.48 Å². The van der Waals surface area contributed by atoms with Gasteiger partial charge in [0.05, 0.1) is 11.4 Å². The van der Waals surface area contributed by atoms with Gasteiger partial charge in [0, 0.05) is 13.7 Å². The minimum absolute atomic E-state index is 0.0238. The molecule has 0 saturated heterocycles. The Hall–Kier alpha value is -2.21. The number of hydrogen-bond donors (Lipinski definition) is 1. The Labute approximate surface area is 123 Å². The summed E-state index contributed by atoms with van der Waals surface area (Å²) in [6.07, 6.45) is 2.30. The van der Waals surface area contributed by atoms with Gasteiger partial charge in [-0.2, -0.15) is 0 Å². The maximum atomic E-state index is 11.3. The molecule has 0 aliphatic rings. The number of carbonyl (C=O) groups is 1. The second-order valence-corrected chi connectivity index (χ2v) is 4.84. The Morgan fingerprint density at radius 2 is 2.10 bits per heavy atom. The summed E-state index contributed by atoms with van der Waals surface area (Å²) in [5.41, 5.74) is 2.54. The first-order valence-electron chi connectivity index (χ1n) is 6.88. The van der Waals surface area contributed by atoms with Crippen molar-refractivity contribution in [3.05, 3.63) is 41.2 Å². The molecule has 0 bridgehead atoms. The maximum Gasteiger partial charge on any atom is 0.358 e. The summed E-state index contributed by atoms with van der Waals surface area (Å²) < 4.78 is 6.65. The van der Waals surface area contributed by atoms with Crippen molar-refractivity contribution >= 4 is 5.97 Å².